The third-order valence-corrected chi connectivity index (χ3v) is 5.10. The van der Waals surface area contributed by atoms with Crippen molar-refractivity contribution in [1.82, 2.24) is 9.78 Å². The van der Waals surface area contributed by atoms with Crippen molar-refractivity contribution in [1.29, 1.82) is 0 Å². The van der Waals surface area contributed by atoms with Crippen LogP contribution >= 0.6 is 15.9 Å². The number of nitrogens with zero attached hydrogens (tertiary/aromatic N) is 2. The van der Waals surface area contributed by atoms with Crippen molar-refractivity contribution in [3.8, 4) is 0 Å². The Balaban J connectivity index is 2.46. The van der Waals surface area contributed by atoms with Gasteiger partial charge >= 0.3 is 0 Å². The van der Waals surface area contributed by atoms with Gasteiger partial charge in [0.1, 0.15) is 4.90 Å². The van der Waals surface area contributed by atoms with E-state index in [4.69, 9.17) is 0 Å². The molecule has 0 aliphatic heterocycles. The van der Waals surface area contributed by atoms with Gasteiger partial charge in [-0.3, -0.25) is 9.40 Å². The molecule has 5 nitrogen and oxygen atoms in total. The molecule has 2 rings (SSSR count). The van der Waals surface area contributed by atoms with Gasteiger partial charge in [0.25, 0.3) is 10.0 Å². The Kier molecular flexibility index (Phi) is 3.93. The van der Waals surface area contributed by atoms with Gasteiger partial charge in [-0.25, -0.2) is 8.42 Å². The molecule has 0 unspecified atom stereocenters. The molecule has 1 aromatic carbocycles. The summed E-state index contributed by atoms with van der Waals surface area (Å²) < 4.78 is 30.0. The molecule has 0 amide bonds. The van der Waals surface area contributed by atoms with E-state index in [-0.39, 0.29) is 4.90 Å². The van der Waals surface area contributed by atoms with E-state index >= 15 is 0 Å². The van der Waals surface area contributed by atoms with E-state index in [9.17, 15) is 8.42 Å². The van der Waals surface area contributed by atoms with Gasteiger partial charge in [-0.05, 0) is 44.5 Å². The standard InChI is InChI=1S/C13H16BrN3O2S/c1-8-5-11(14)7-12(6-8)16-20(18,19)13-9(2)15-17(4)10(13)3/h5-7,16H,1-4H3. The predicted molar refractivity (Wildman–Crippen MR) is 82.4 cm³/mol. The van der Waals surface area contributed by atoms with Crippen LogP contribution in [0.25, 0.3) is 0 Å². The van der Waals surface area contributed by atoms with Crippen LogP contribution in [0.2, 0.25) is 0 Å². The normalized spacial score (nSPS) is 11.7. The number of aryl methyl sites for hydroxylation is 3. The number of nitrogens with one attached hydrogen (secondary N) is 1. The second-order valence-corrected chi connectivity index (χ2v) is 7.28. The first-order valence-electron chi connectivity index (χ1n) is 6.01. The number of hydrogen-bond donors (Lipinski definition) is 1. The fraction of sp³-hybridized carbons (Fsp3) is 0.308. The number of hydrogen-bond acceptors (Lipinski definition) is 3. The van der Waals surface area contributed by atoms with Gasteiger partial charge in [-0.15, -0.1) is 0 Å². The molecule has 0 bridgehead atoms. The Morgan fingerprint density at radius 3 is 2.35 bits per heavy atom. The summed E-state index contributed by atoms with van der Waals surface area (Å²) in [5.41, 5.74) is 2.60. The van der Waals surface area contributed by atoms with E-state index in [0.29, 0.717) is 17.1 Å². The summed E-state index contributed by atoms with van der Waals surface area (Å²) in [6.07, 6.45) is 0. The number of benzene rings is 1. The SMILES string of the molecule is Cc1cc(Br)cc(NS(=O)(=O)c2c(C)nn(C)c2C)c1. The van der Waals surface area contributed by atoms with Crippen LogP contribution < -0.4 is 4.72 Å². The third kappa shape index (κ3) is 2.88. The van der Waals surface area contributed by atoms with Crippen LogP contribution in [0.3, 0.4) is 0 Å². The summed E-state index contributed by atoms with van der Waals surface area (Å²) in [7, 11) is -1.91. The molecule has 2 aromatic rings. The lowest BCUT2D eigenvalue weighted by atomic mass is 10.2. The lowest BCUT2D eigenvalue weighted by Gasteiger charge is -2.09. The van der Waals surface area contributed by atoms with Crippen molar-refractivity contribution in [2.24, 2.45) is 7.05 Å². The minimum absolute atomic E-state index is 0.234. The van der Waals surface area contributed by atoms with Crippen LogP contribution in [0, 0.1) is 20.8 Å². The largest absolute Gasteiger partial charge is 0.279 e. The van der Waals surface area contributed by atoms with Gasteiger partial charge in [0.05, 0.1) is 17.1 Å². The molecule has 1 N–H and O–H groups in total. The van der Waals surface area contributed by atoms with Gasteiger partial charge in [-0.2, -0.15) is 5.10 Å². The molecule has 0 aliphatic carbocycles. The van der Waals surface area contributed by atoms with E-state index < -0.39 is 10.0 Å². The van der Waals surface area contributed by atoms with Gasteiger partial charge in [0.15, 0.2) is 0 Å². The molecule has 1 aromatic heterocycles. The Labute approximate surface area is 127 Å². The summed E-state index contributed by atoms with van der Waals surface area (Å²) in [5, 5.41) is 4.14. The van der Waals surface area contributed by atoms with Crippen molar-refractivity contribution in [3.63, 3.8) is 0 Å². The zero-order chi connectivity index (χ0) is 15.1. The molecule has 0 atom stereocenters. The van der Waals surface area contributed by atoms with Crippen LogP contribution in [0.4, 0.5) is 5.69 Å². The Bertz CT molecular complexity index is 746. The number of rotatable bonds is 3. The molecule has 0 saturated carbocycles. The monoisotopic (exact) mass is 357 g/mol. The van der Waals surface area contributed by atoms with Crippen LogP contribution in [0.1, 0.15) is 17.0 Å². The minimum Gasteiger partial charge on any atom is -0.279 e. The highest BCUT2D eigenvalue weighted by Crippen LogP contribution is 2.24. The molecule has 20 heavy (non-hydrogen) atoms. The van der Waals surface area contributed by atoms with Crippen molar-refractivity contribution < 1.29 is 8.42 Å². The summed E-state index contributed by atoms with van der Waals surface area (Å²) in [4.78, 5) is 0.234. The zero-order valence-electron chi connectivity index (χ0n) is 11.7. The fourth-order valence-electron chi connectivity index (χ4n) is 2.14. The maximum Gasteiger partial charge on any atom is 0.265 e. The van der Waals surface area contributed by atoms with E-state index in [1.807, 2.05) is 13.0 Å². The fourth-order valence-corrected chi connectivity index (χ4v) is 4.23. The summed E-state index contributed by atoms with van der Waals surface area (Å²) in [6.45, 7) is 5.33. The smallest absolute Gasteiger partial charge is 0.265 e. The molecule has 0 spiro atoms. The minimum atomic E-state index is -3.64. The Morgan fingerprint density at radius 1 is 1.20 bits per heavy atom. The molecular weight excluding hydrogens is 342 g/mol. The van der Waals surface area contributed by atoms with E-state index in [0.717, 1.165) is 10.0 Å². The highest BCUT2D eigenvalue weighted by atomic mass is 79.9. The maximum absolute atomic E-state index is 12.5. The number of sulfonamides is 1. The molecule has 7 heteroatoms. The van der Waals surface area contributed by atoms with E-state index in [1.54, 1.807) is 37.7 Å². The summed E-state index contributed by atoms with van der Waals surface area (Å²) >= 11 is 3.36. The first kappa shape index (κ1) is 15.1. The van der Waals surface area contributed by atoms with Gasteiger partial charge in [-0.1, -0.05) is 15.9 Å². The second-order valence-electron chi connectivity index (χ2n) is 4.75. The Hall–Kier alpha value is -1.34. The van der Waals surface area contributed by atoms with Gasteiger partial charge < -0.3 is 0 Å². The highest BCUT2D eigenvalue weighted by Gasteiger charge is 2.23. The zero-order valence-corrected chi connectivity index (χ0v) is 14.1. The topological polar surface area (TPSA) is 64.0 Å². The van der Waals surface area contributed by atoms with E-state index in [2.05, 4.69) is 25.8 Å². The van der Waals surface area contributed by atoms with Crippen molar-refractivity contribution in [2.75, 3.05) is 4.72 Å². The Morgan fingerprint density at radius 2 is 1.85 bits per heavy atom. The molecule has 0 fully saturated rings. The van der Waals surface area contributed by atoms with Crippen LogP contribution in [-0.4, -0.2) is 18.2 Å². The first-order chi connectivity index (χ1) is 9.20. The van der Waals surface area contributed by atoms with Crippen molar-refractivity contribution >= 4 is 31.6 Å². The molecule has 1 heterocycles. The van der Waals surface area contributed by atoms with Crippen LogP contribution in [0.15, 0.2) is 27.6 Å². The molecule has 0 saturated heterocycles. The summed E-state index contributed by atoms with van der Waals surface area (Å²) in [6, 6.07) is 5.42. The highest BCUT2D eigenvalue weighted by molar-refractivity contribution is 9.10. The third-order valence-electron chi connectivity index (χ3n) is 3.01. The predicted octanol–water partition coefficient (Wildman–Crippen LogP) is 2.91. The van der Waals surface area contributed by atoms with E-state index in [1.165, 1.54) is 0 Å². The number of anilines is 1. The van der Waals surface area contributed by atoms with Crippen molar-refractivity contribution in [3.05, 3.63) is 39.6 Å². The van der Waals surface area contributed by atoms with Gasteiger partial charge in [0.2, 0.25) is 0 Å². The van der Waals surface area contributed by atoms with Crippen molar-refractivity contribution in [2.45, 2.75) is 25.7 Å². The quantitative estimate of drug-likeness (QED) is 0.918. The van der Waals surface area contributed by atoms with Crippen LogP contribution in [-0.2, 0) is 17.1 Å². The lowest BCUT2D eigenvalue weighted by Crippen LogP contribution is -2.15. The average Bonchev–Trinajstić information content (AvgIpc) is 2.50. The van der Waals surface area contributed by atoms with Gasteiger partial charge in [0, 0.05) is 11.5 Å². The number of halogens is 1. The number of aromatic nitrogens is 2. The summed E-state index contributed by atoms with van der Waals surface area (Å²) in [5.74, 6) is 0. The maximum atomic E-state index is 12.5. The lowest BCUT2D eigenvalue weighted by molar-refractivity contribution is 0.599. The average molecular weight is 358 g/mol. The molecule has 0 aliphatic rings. The first-order valence-corrected chi connectivity index (χ1v) is 8.28. The molecule has 0 radical (unpaired) electrons. The molecule has 108 valence electrons. The molecular formula is C13H16BrN3O2S. The van der Waals surface area contributed by atoms with Crippen LogP contribution in [0.5, 0.6) is 0 Å². The second kappa shape index (κ2) is 5.21.